The average molecular weight is 379 g/mol. The number of rotatable bonds is 3. The minimum atomic E-state index is -0.790. The zero-order valence-electron chi connectivity index (χ0n) is 12.3. The second-order valence-electron chi connectivity index (χ2n) is 5.94. The molecule has 2 aliphatic carbocycles. The van der Waals surface area contributed by atoms with E-state index in [4.69, 9.17) is 46.4 Å². The molecule has 2 aliphatic rings. The van der Waals surface area contributed by atoms with Crippen molar-refractivity contribution in [1.82, 2.24) is 4.90 Å². The maximum absolute atomic E-state index is 6.14. The van der Waals surface area contributed by atoms with Crippen molar-refractivity contribution in [1.29, 1.82) is 0 Å². The van der Waals surface area contributed by atoms with Crippen molar-refractivity contribution < 1.29 is 0 Å². The molecule has 0 aliphatic heterocycles. The molecule has 0 heterocycles. The van der Waals surface area contributed by atoms with Crippen LogP contribution in [0.5, 0.6) is 0 Å². The van der Waals surface area contributed by atoms with E-state index >= 15 is 0 Å². The van der Waals surface area contributed by atoms with Gasteiger partial charge >= 0.3 is 0 Å². The topological polar surface area (TPSA) is 3.24 Å². The van der Waals surface area contributed by atoms with Crippen molar-refractivity contribution in [3.63, 3.8) is 0 Å². The van der Waals surface area contributed by atoms with Gasteiger partial charge in [-0.15, -0.1) is 11.6 Å². The predicted molar refractivity (Wildman–Crippen MR) is 101 cm³/mol. The van der Waals surface area contributed by atoms with E-state index in [0.717, 1.165) is 5.57 Å². The number of nitrogens with zero attached hydrogens (tertiary/aromatic N) is 1. The van der Waals surface area contributed by atoms with Gasteiger partial charge in [-0.3, -0.25) is 4.90 Å². The molecule has 1 saturated carbocycles. The third-order valence-corrected chi connectivity index (χ3v) is 6.14. The molecule has 0 bridgehead atoms. The molecule has 0 aromatic carbocycles. The Bertz CT molecular complexity index is 333. The summed E-state index contributed by atoms with van der Waals surface area (Å²) in [6, 6.07) is 1.84. The monoisotopic (exact) mass is 377 g/mol. The lowest BCUT2D eigenvalue weighted by Crippen LogP contribution is -2.40. The van der Waals surface area contributed by atoms with Crippen molar-refractivity contribution in [3.8, 4) is 0 Å². The van der Waals surface area contributed by atoms with Crippen LogP contribution in [0.1, 0.15) is 56.4 Å². The standard InChI is InChI=1S/C10H20ClN.C4H3Cl3.2CH4/c1-6(2)12(7(3)4)10-8(5)9(10)11;1-2-3(5)4(2,6)7;;/h6-10H,1-5H3;1H3;2*1H4. The fraction of sp³-hybridized carbons (Fsp3) is 0.875. The summed E-state index contributed by atoms with van der Waals surface area (Å²) >= 11 is 22.6. The molecule has 0 saturated heterocycles. The number of halogens is 4. The van der Waals surface area contributed by atoms with Crippen LogP contribution in [0.2, 0.25) is 0 Å². The highest BCUT2D eigenvalue weighted by Gasteiger charge is 2.50. The Balaban J connectivity index is 0. The van der Waals surface area contributed by atoms with Crippen molar-refractivity contribution in [2.75, 3.05) is 0 Å². The van der Waals surface area contributed by atoms with Gasteiger partial charge in [0.25, 0.3) is 0 Å². The van der Waals surface area contributed by atoms with E-state index < -0.39 is 4.33 Å². The van der Waals surface area contributed by atoms with Gasteiger partial charge in [0.15, 0.2) is 4.33 Å². The van der Waals surface area contributed by atoms with E-state index in [0.29, 0.717) is 34.5 Å². The van der Waals surface area contributed by atoms with Gasteiger partial charge in [0.05, 0.1) is 10.4 Å². The van der Waals surface area contributed by atoms with Gasteiger partial charge in [-0.2, -0.15) is 0 Å². The van der Waals surface area contributed by atoms with Crippen LogP contribution in [0, 0.1) is 5.92 Å². The molecule has 21 heavy (non-hydrogen) atoms. The predicted octanol–water partition coefficient (Wildman–Crippen LogP) is 6.69. The van der Waals surface area contributed by atoms with Crippen LogP contribution < -0.4 is 0 Å². The van der Waals surface area contributed by atoms with E-state index in [1.54, 1.807) is 0 Å². The molecule has 0 aromatic rings. The summed E-state index contributed by atoms with van der Waals surface area (Å²) in [7, 11) is 0. The molecule has 5 heteroatoms. The minimum Gasteiger partial charge on any atom is -0.294 e. The Labute approximate surface area is 152 Å². The van der Waals surface area contributed by atoms with E-state index in [9.17, 15) is 0 Å². The van der Waals surface area contributed by atoms with Crippen LogP contribution in [0.25, 0.3) is 0 Å². The molecule has 1 fully saturated rings. The first-order valence-corrected chi connectivity index (χ1v) is 8.27. The summed E-state index contributed by atoms with van der Waals surface area (Å²) in [5.41, 5.74) is 0.873. The van der Waals surface area contributed by atoms with Crippen LogP contribution in [0.3, 0.4) is 0 Å². The summed E-state index contributed by atoms with van der Waals surface area (Å²) in [6.45, 7) is 13.0. The first kappa shape index (κ1) is 24.1. The Morgan fingerprint density at radius 3 is 1.33 bits per heavy atom. The second kappa shape index (κ2) is 8.64. The van der Waals surface area contributed by atoms with Gasteiger partial charge in [-0.1, -0.05) is 56.6 Å². The van der Waals surface area contributed by atoms with Gasteiger partial charge in [0, 0.05) is 18.1 Å². The smallest absolute Gasteiger partial charge is 0.175 e. The molecule has 0 amide bonds. The summed E-state index contributed by atoms with van der Waals surface area (Å²) in [4.78, 5) is 2.52. The molecule has 2 rings (SSSR count). The van der Waals surface area contributed by atoms with E-state index in [1.165, 1.54) is 0 Å². The lowest BCUT2D eigenvalue weighted by molar-refractivity contribution is 0.158. The molecule has 3 unspecified atom stereocenters. The maximum Gasteiger partial charge on any atom is 0.175 e. The average Bonchev–Trinajstić information content (AvgIpc) is 2.99. The van der Waals surface area contributed by atoms with Crippen molar-refractivity contribution in [3.05, 3.63) is 10.6 Å². The Morgan fingerprint density at radius 2 is 1.29 bits per heavy atom. The summed E-state index contributed by atoms with van der Waals surface area (Å²) in [5.74, 6) is 0.677. The third kappa shape index (κ3) is 5.46. The molecule has 0 aromatic heterocycles. The van der Waals surface area contributed by atoms with Crippen molar-refractivity contribution >= 4 is 46.4 Å². The van der Waals surface area contributed by atoms with Crippen LogP contribution in [-0.4, -0.2) is 32.7 Å². The zero-order valence-corrected chi connectivity index (χ0v) is 15.4. The van der Waals surface area contributed by atoms with Crippen LogP contribution >= 0.6 is 46.4 Å². The Kier molecular flexibility index (Phi) is 9.92. The lowest BCUT2D eigenvalue weighted by atomic mass is 10.2. The Hall–Kier alpha value is 0.860. The summed E-state index contributed by atoms with van der Waals surface area (Å²) in [6.07, 6.45) is 0. The Morgan fingerprint density at radius 1 is 1.05 bits per heavy atom. The van der Waals surface area contributed by atoms with Gasteiger partial charge in [-0.05, 0) is 46.1 Å². The number of hydrogen-bond acceptors (Lipinski definition) is 1. The SMILES string of the molecule is C.C.CC1=C(Cl)C1(Cl)Cl.CC1C(Cl)C1N(C(C)C)C(C)C. The summed E-state index contributed by atoms with van der Waals surface area (Å²) in [5, 5.41) is 0.964. The first-order valence-electron chi connectivity index (χ1n) is 6.70. The van der Waals surface area contributed by atoms with Gasteiger partial charge in [-0.25, -0.2) is 0 Å². The normalized spacial score (nSPS) is 28.7. The molecule has 128 valence electrons. The zero-order chi connectivity index (χ0) is 15.1. The van der Waals surface area contributed by atoms with Gasteiger partial charge in [0.2, 0.25) is 0 Å². The maximum atomic E-state index is 6.14. The molecular formula is C16H31Cl4N. The molecule has 1 nitrogen and oxygen atoms in total. The molecule has 0 radical (unpaired) electrons. The van der Waals surface area contributed by atoms with E-state index in [2.05, 4.69) is 39.5 Å². The first-order chi connectivity index (χ1) is 8.53. The molecule has 3 atom stereocenters. The van der Waals surface area contributed by atoms with Gasteiger partial charge < -0.3 is 0 Å². The fourth-order valence-electron chi connectivity index (χ4n) is 2.43. The second-order valence-corrected chi connectivity index (χ2v) is 8.15. The lowest BCUT2D eigenvalue weighted by Gasteiger charge is -2.31. The van der Waals surface area contributed by atoms with E-state index in [-0.39, 0.29) is 14.9 Å². The highest BCUT2D eigenvalue weighted by molar-refractivity contribution is 6.63. The quantitative estimate of drug-likeness (QED) is 0.494. The third-order valence-electron chi connectivity index (χ3n) is 3.78. The highest BCUT2D eigenvalue weighted by atomic mass is 35.5. The fourth-order valence-corrected chi connectivity index (χ4v) is 3.56. The van der Waals surface area contributed by atoms with Crippen molar-refractivity contribution in [2.45, 2.75) is 84.2 Å². The van der Waals surface area contributed by atoms with Gasteiger partial charge in [0.1, 0.15) is 0 Å². The number of allylic oxidation sites excluding steroid dienone is 2. The highest BCUT2D eigenvalue weighted by Crippen LogP contribution is 2.55. The van der Waals surface area contributed by atoms with Crippen LogP contribution in [0.15, 0.2) is 10.6 Å². The minimum absolute atomic E-state index is 0. The molecule has 0 spiro atoms. The van der Waals surface area contributed by atoms with E-state index in [1.807, 2.05) is 6.92 Å². The van der Waals surface area contributed by atoms with Crippen LogP contribution in [-0.2, 0) is 0 Å². The summed E-state index contributed by atoms with van der Waals surface area (Å²) < 4.78 is -0.790. The number of hydrogen-bond donors (Lipinski definition) is 0. The molecule has 0 N–H and O–H groups in total. The number of alkyl halides is 3. The molecular weight excluding hydrogens is 348 g/mol. The van der Waals surface area contributed by atoms with Crippen LogP contribution in [0.4, 0.5) is 0 Å². The largest absolute Gasteiger partial charge is 0.294 e. The van der Waals surface area contributed by atoms with Crippen molar-refractivity contribution in [2.24, 2.45) is 5.92 Å².